The summed E-state index contributed by atoms with van der Waals surface area (Å²) in [5, 5.41) is -0.0190. The number of nitrogens with zero attached hydrogens (tertiary/aromatic N) is 3. The molecule has 2 aromatic rings. The number of fused-ring (bicyclic) bond motifs is 1. The number of carbonyl (C=O) groups is 1. The van der Waals surface area contributed by atoms with Crippen molar-refractivity contribution in [2.24, 2.45) is 0 Å². The maximum atomic E-state index is 14.0. The zero-order chi connectivity index (χ0) is 17.4. The molecule has 0 saturated heterocycles. The molecule has 2 rings (SSSR count). The topological polar surface area (TPSA) is 38.1 Å². The van der Waals surface area contributed by atoms with Crippen LogP contribution in [0.5, 0.6) is 0 Å². The van der Waals surface area contributed by atoms with Crippen LogP contribution in [0.4, 0.5) is 17.6 Å². The number of hydrogen-bond donors (Lipinski definition) is 0. The van der Waals surface area contributed by atoms with E-state index < -0.39 is 35.7 Å². The summed E-state index contributed by atoms with van der Waals surface area (Å²) in [6.45, 7) is -1.53. The summed E-state index contributed by atoms with van der Waals surface area (Å²) in [5.41, 5.74) is -0.519. The van der Waals surface area contributed by atoms with Crippen molar-refractivity contribution in [1.82, 2.24) is 14.5 Å². The number of carbonyl (C=O) groups excluding carboxylic acids is 1. The second-order valence-electron chi connectivity index (χ2n) is 5.04. The molecular weight excluding hydrogens is 338 g/mol. The number of benzene rings is 1. The highest BCUT2D eigenvalue weighted by Crippen LogP contribution is 2.28. The molecule has 0 atom stereocenters. The molecule has 0 radical (unpaired) electrons. The minimum Gasteiger partial charge on any atom is -0.383 e. The molecule has 4 nitrogen and oxygen atoms in total. The Morgan fingerprint density at radius 3 is 2.61 bits per heavy atom. The van der Waals surface area contributed by atoms with Crippen molar-refractivity contribution in [3.05, 3.63) is 41.1 Å². The van der Waals surface area contributed by atoms with Gasteiger partial charge in [0.25, 0.3) is 0 Å². The lowest BCUT2D eigenvalue weighted by Gasteiger charge is -2.11. The van der Waals surface area contributed by atoms with Crippen molar-refractivity contribution in [3.63, 3.8) is 0 Å². The molecule has 0 bridgehead atoms. The normalized spacial score (nSPS) is 12.3. The molecule has 0 saturated carbocycles. The maximum absolute atomic E-state index is 14.0. The molecule has 0 spiro atoms. The summed E-state index contributed by atoms with van der Waals surface area (Å²) < 4.78 is 52.9. The van der Waals surface area contributed by atoms with Crippen LogP contribution in [0.3, 0.4) is 0 Å². The molecule has 0 aliphatic rings. The van der Waals surface area contributed by atoms with Gasteiger partial charge in [-0.25, -0.2) is 9.37 Å². The lowest BCUT2D eigenvalue weighted by Crippen LogP contribution is -2.21. The highest BCUT2D eigenvalue weighted by atomic mass is 35.5. The number of alkyl halides is 3. The Kier molecular flexibility index (Phi) is 4.65. The standard InChI is InChI=1S/C14H12ClF4N3O/c1-21(2)4-3-11(23)13-20-10-6-8(15)5-9(16)12(10)22(13)7-14(17,18)19/h3-6H,7H2,1-2H3/b4-3+. The van der Waals surface area contributed by atoms with E-state index in [-0.39, 0.29) is 10.5 Å². The van der Waals surface area contributed by atoms with E-state index in [4.69, 9.17) is 11.6 Å². The molecule has 0 aliphatic carbocycles. The molecule has 124 valence electrons. The fourth-order valence-electron chi connectivity index (χ4n) is 2.00. The third-order valence-corrected chi connectivity index (χ3v) is 3.06. The van der Waals surface area contributed by atoms with Gasteiger partial charge in [0.15, 0.2) is 11.6 Å². The minimum atomic E-state index is -4.64. The van der Waals surface area contributed by atoms with Crippen LogP contribution in [0.1, 0.15) is 10.6 Å². The molecule has 1 aromatic heterocycles. The van der Waals surface area contributed by atoms with Crippen LogP contribution in [0, 0.1) is 5.82 Å². The smallest absolute Gasteiger partial charge is 0.383 e. The van der Waals surface area contributed by atoms with Gasteiger partial charge in [0, 0.05) is 31.4 Å². The third-order valence-electron chi connectivity index (χ3n) is 2.84. The zero-order valence-corrected chi connectivity index (χ0v) is 12.9. The second kappa shape index (κ2) is 6.19. The van der Waals surface area contributed by atoms with E-state index in [0.29, 0.717) is 4.57 Å². The monoisotopic (exact) mass is 349 g/mol. The van der Waals surface area contributed by atoms with E-state index in [9.17, 15) is 22.4 Å². The Bertz CT molecular complexity index is 780. The first-order chi connectivity index (χ1) is 10.6. The molecule has 0 aliphatic heterocycles. The lowest BCUT2D eigenvalue weighted by molar-refractivity contribution is -0.140. The lowest BCUT2D eigenvalue weighted by atomic mass is 10.3. The second-order valence-corrected chi connectivity index (χ2v) is 5.47. The van der Waals surface area contributed by atoms with Crippen molar-refractivity contribution in [2.75, 3.05) is 14.1 Å². The molecule has 9 heteroatoms. The van der Waals surface area contributed by atoms with Crippen LogP contribution in [0.25, 0.3) is 11.0 Å². The summed E-state index contributed by atoms with van der Waals surface area (Å²) in [4.78, 5) is 17.5. The van der Waals surface area contributed by atoms with Crippen LogP contribution in [0.2, 0.25) is 5.02 Å². The van der Waals surface area contributed by atoms with E-state index in [1.165, 1.54) is 17.2 Å². The Balaban J connectivity index is 2.65. The first-order valence-electron chi connectivity index (χ1n) is 6.39. The molecule has 0 amide bonds. The number of ketones is 1. The highest BCUT2D eigenvalue weighted by molar-refractivity contribution is 6.31. The summed E-state index contributed by atoms with van der Waals surface area (Å²) >= 11 is 5.68. The summed E-state index contributed by atoms with van der Waals surface area (Å²) in [6, 6.07) is 2.08. The molecule has 23 heavy (non-hydrogen) atoms. The van der Waals surface area contributed by atoms with Gasteiger partial charge >= 0.3 is 6.18 Å². The van der Waals surface area contributed by atoms with E-state index >= 15 is 0 Å². The summed E-state index contributed by atoms with van der Waals surface area (Å²) in [6.07, 6.45) is -2.21. The Labute approximate surface area is 134 Å². The summed E-state index contributed by atoms with van der Waals surface area (Å²) in [7, 11) is 3.28. The first kappa shape index (κ1) is 17.3. The van der Waals surface area contributed by atoms with Crippen LogP contribution >= 0.6 is 11.6 Å². The van der Waals surface area contributed by atoms with Crippen molar-refractivity contribution in [2.45, 2.75) is 12.7 Å². The molecule has 0 unspecified atom stereocenters. The highest BCUT2D eigenvalue weighted by Gasteiger charge is 2.32. The largest absolute Gasteiger partial charge is 0.406 e. The van der Waals surface area contributed by atoms with Gasteiger partial charge in [-0.2, -0.15) is 13.2 Å². The molecule has 1 aromatic carbocycles. The number of halogens is 5. The molecule has 0 fully saturated rings. The van der Waals surface area contributed by atoms with E-state index in [1.807, 2.05) is 0 Å². The number of hydrogen-bond acceptors (Lipinski definition) is 3. The minimum absolute atomic E-state index is 0.0190. The third kappa shape index (κ3) is 4.01. The van der Waals surface area contributed by atoms with Crippen LogP contribution in [-0.2, 0) is 6.54 Å². The number of rotatable bonds is 4. The average Bonchev–Trinajstić information content (AvgIpc) is 2.72. The van der Waals surface area contributed by atoms with E-state index in [1.54, 1.807) is 14.1 Å². The molecule has 1 heterocycles. The molecular formula is C14H12ClF4N3O. The van der Waals surface area contributed by atoms with Gasteiger partial charge in [-0.05, 0) is 12.1 Å². The van der Waals surface area contributed by atoms with Crippen molar-refractivity contribution < 1.29 is 22.4 Å². The number of imidazole rings is 1. The van der Waals surface area contributed by atoms with Gasteiger partial charge in [0.1, 0.15) is 12.1 Å². The average molecular weight is 350 g/mol. The van der Waals surface area contributed by atoms with E-state index in [2.05, 4.69) is 4.98 Å². The van der Waals surface area contributed by atoms with Crippen molar-refractivity contribution in [1.29, 1.82) is 0 Å². The maximum Gasteiger partial charge on any atom is 0.406 e. The predicted molar refractivity (Wildman–Crippen MR) is 77.9 cm³/mol. The quantitative estimate of drug-likeness (QED) is 0.480. The number of allylic oxidation sites excluding steroid dienone is 1. The first-order valence-corrected chi connectivity index (χ1v) is 6.77. The van der Waals surface area contributed by atoms with Crippen LogP contribution < -0.4 is 0 Å². The SMILES string of the molecule is CN(C)/C=C/C(=O)c1nc2cc(Cl)cc(F)c2n1CC(F)(F)F. The predicted octanol–water partition coefficient (Wildman–Crippen LogP) is 3.65. The zero-order valence-electron chi connectivity index (χ0n) is 12.2. The summed E-state index contributed by atoms with van der Waals surface area (Å²) in [5.74, 6) is -2.24. The van der Waals surface area contributed by atoms with Gasteiger partial charge in [0.2, 0.25) is 5.78 Å². The van der Waals surface area contributed by atoms with Gasteiger partial charge in [0.05, 0.1) is 5.52 Å². The Hall–Kier alpha value is -2.09. The van der Waals surface area contributed by atoms with Crippen molar-refractivity contribution >= 4 is 28.4 Å². The van der Waals surface area contributed by atoms with Gasteiger partial charge in [-0.1, -0.05) is 11.6 Å². The van der Waals surface area contributed by atoms with Crippen molar-refractivity contribution in [3.8, 4) is 0 Å². The molecule has 0 N–H and O–H groups in total. The van der Waals surface area contributed by atoms with Gasteiger partial charge in [-0.15, -0.1) is 0 Å². The van der Waals surface area contributed by atoms with Gasteiger partial charge < -0.3 is 9.47 Å². The van der Waals surface area contributed by atoms with E-state index in [0.717, 1.165) is 12.1 Å². The van der Waals surface area contributed by atoms with Crippen LogP contribution in [0.15, 0.2) is 24.4 Å². The Morgan fingerprint density at radius 2 is 2.04 bits per heavy atom. The number of aromatic nitrogens is 2. The van der Waals surface area contributed by atoms with Crippen LogP contribution in [-0.4, -0.2) is 40.5 Å². The fraction of sp³-hybridized carbons (Fsp3) is 0.286. The Morgan fingerprint density at radius 1 is 1.39 bits per heavy atom. The van der Waals surface area contributed by atoms with Gasteiger partial charge in [-0.3, -0.25) is 4.79 Å². The fourth-order valence-corrected chi connectivity index (χ4v) is 2.20.